The number of terminal acetylenes is 2. The Hall–Kier alpha value is -6.10. The third-order valence-corrected chi connectivity index (χ3v) is 8.53. The van der Waals surface area contributed by atoms with E-state index in [1.165, 1.54) is 67.6 Å². The summed E-state index contributed by atoms with van der Waals surface area (Å²) in [5, 5.41) is 0. The Balaban J connectivity index is 0.000000588. The van der Waals surface area contributed by atoms with Crippen molar-refractivity contribution in [2.75, 3.05) is 14.7 Å². The minimum atomic E-state index is 0. The molecule has 0 aromatic heterocycles. The molecule has 3 aliphatic heterocycles. The summed E-state index contributed by atoms with van der Waals surface area (Å²) in [5.41, 5.74) is 15.1. The third-order valence-electron chi connectivity index (χ3n) is 8.53. The molecule has 3 nitrogen and oxygen atoms in total. The fourth-order valence-electron chi connectivity index (χ4n) is 7.07. The molecule has 46 heavy (non-hydrogen) atoms. The molecule has 0 unspecified atom stereocenters. The van der Waals surface area contributed by atoms with Crippen LogP contribution >= 0.6 is 0 Å². The molecule has 220 valence electrons. The monoisotopic (exact) mass is 591 g/mol. The van der Waals surface area contributed by atoms with E-state index in [0.717, 1.165) is 0 Å². The highest BCUT2D eigenvalue weighted by molar-refractivity contribution is 7.02. The molecule has 0 saturated carbocycles. The summed E-state index contributed by atoms with van der Waals surface area (Å²) in [6.45, 7) is 1.79. The van der Waals surface area contributed by atoms with Crippen LogP contribution in [0.3, 0.4) is 0 Å². The van der Waals surface area contributed by atoms with Crippen molar-refractivity contribution in [2.45, 2.75) is 14.4 Å². The minimum absolute atomic E-state index is 0. The van der Waals surface area contributed by atoms with Crippen LogP contribution in [0.25, 0.3) is 0 Å². The number of hydrogen-bond donors (Lipinski definition) is 0. The van der Waals surface area contributed by atoms with Gasteiger partial charge in [-0.2, -0.15) is 0 Å². The van der Waals surface area contributed by atoms with Crippen LogP contribution in [0.2, 0.25) is 0 Å². The Morgan fingerprint density at radius 1 is 0.413 bits per heavy atom. The summed E-state index contributed by atoms with van der Waals surface area (Å²) < 4.78 is 0. The van der Waals surface area contributed by atoms with Gasteiger partial charge in [0, 0.05) is 51.2 Å². The van der Waals surface area contributed by atoms with Gasteiger partial charge in [0.25, 0.3) is 6.71 Å². The molecule has 0 radical (unpaired) electrons. The second-order valence-electron chi connectivity index (χ2n) is 10.9. The Bertz CT molecular complexity index is 1770. The molecule has 9 rings (SSSR count). The van der Waals surface area contributed by atoms with Gasteiger partial charge in [0.1, 0.15) is 0 Å². The maximum atomic E-state index is 4.60. The van der Waals surface area contributed by atoms with Crippen molar-refractivity contribution in [1.29, 1.82) is 0 Å². The molecule has 3 aliphatic rings. The smallest absolute Gasteiger partial charge is 0.257 e. The van der Waals surface area contributed by atoms with E-state index in [0.29, 0.717) is 0 Å². The van der Waals surface area contributed by atoms with Gasteiger partial charge in [-0.1, -0.05) is 80.2 Å². The summed E-state index contributed by atoms with van der Waals surface area (Å²) in [6, 6.07) is 52.8. The lowest BCUT2D eigenvalue weighted by atomic mass is 9.32. The zero-order valence-electron chi connectivity index (χ0n) is 25.0. The van der Waals surface area contributed by atoms with Gasteiger partial charge in [0.2, 0.25) is 0 Å². The average molecular weight is 592 g/mol. The van der Waals surface area contributed by atoms with Crippen LogP contribution in [0.5, 0.6) is 0 Å². The van der Waals surface area contributed by atoms with E-state index in [9.17, 15) is 0 Å². The number of hydrogen-bond acceptors (Lipinski definition) is 3. The average Bonchev–Trinajstić information content (AvgIpc) is 3.11. The predicted molar refractivity (Wildman–Crippen MR) is 200 cm³/mol. The summed E-state index contributed by atoms with van der Waals surface area (Å²) in [7, 11) is 0. The van der Waals surface area contributed by atoms with Crippen LogP contribution < -0.4 is 31.1 Å². The van der Waals surface area contributed by atoms with Crippen molar-refractivity contribution < 1.29 is 0 Å². The summed E-state index contributed by atoms with van der Waals surface area (Å²) >= 11 is 0. The molecule has 0 amide bonds. The van der Waals surface area contributed by atoms with Crippen LogP contribution in [0.1, 0.15) is 14.4 Å². The van der Waals surface area contributed by atoms with Gasteiger partial charge < -0.3 is 14.7 Å². The summed E-state index contributed by atoms with van der Waals surface area (Å²) in [6.07, 6.45) is 12.6. The largest absolute Gasteiger partial charge is 0.311 e. The molecule has 4 heteroatoms. The third kappa shape index (κ3) is 4.43. The number of para-hydroxylation sites is 3. The van der Waals surface area contributed by atoms with Gasteiger partial charge >= 0.3 is 0 Å². The van der Waals surface area contributed by atoms with E-state index >= 15 is 0 Å². The quantitative estimate of drug-likeness (QED) is 0.150. The number of anilines is 9. The van der Waals surface area contributed by atoms with E-state index in [2.05, 4.69) is 185 Å². The first-order valence-corrected chi connectivity index (χ1v) is 15.0. The molecule has 6 aromatic carbocycles. The minimum Gasteiger partial charge on any atom is -0.311 e. The van der Waals surface area contributed by atoms with Crippen molar-refractivity contribution in [3.05, 3.63) is 146 Å². The second-order valence-corrected chi connectivity index (χ2v) is 10.9. The second kappa shape index (κ2) is 12.5. The topological polar surface area (TPSA) is 9.72 Å². The van der Waals surface area contributed by atoms with Gasteiger partial charge in [0.05, 0.1) is 0 Å². The first-order valence-electron chi connectivity index (χ1n) is 15.0. The van der Waals surface area contributed by atoms with Gasteiger partial charge in [-0.25, -0.2) is 0 Å². The molecule has 0 fully saturated rings. The van der Waals surface area contributed by atoms with E-state index in [1.807, 2.05) is 0 Å². The van der Waals surface area contributed by atoms with E-state index in [-0.39, 0.29) is 14.1 Å². The fraction of sp³-hybridized carbons (Fsp3) is 0.0476. The van der Waals surface area contributed by atoms with E-state index in [4.69, 9.17) is 0 Å². The molecule has 3 heterocycles. The maximum Gasteiger partial charge on any atom is 0.257 e. The van der Waals surface area contributed by atoms with Crippen LogP contribution in [0.4, 0.5) is 51.2 Å². The molecule has 0 N–H and O–H groups in total. The zero-order chi connectivity index (χ0) is 30.9. The first-order chi connectivity index (χ1) is 22.3. The van der Waals surface area contributed by atoms with Gasteiger partial charge in [-0.15, -0.1) is 25.2 Å². The highest BCUT2D eigenvalue weighted by atomic mass is 15.2. The summed E-state index contributed by atoms with van der Waals surface area (Å²) in [4.78, 5) is 7.37. The highest BCUT2D eigenvalue weighted by Gasteiger charge is 2.48. The molecule has 0 aliphatic carbocycles. The molecule has 0 saturated heterocycles. The fourth-order valence-corrected chi connectivity index (χ4v) is 7.07. The van der Waals surface area contributed by atoms with Gasteiger partial charge in [-0.05, 0) is 96.1 Å². The Kier molecular flexibility index (Phi) is 8.13. The first kappa shape index (κ1) is 30.0. The Labute approximate surface area is 273 Å². The van der Waals surface area contributed by atoms with Crippen LogP contribution in [-0.2, 0) is 0 Å². The normalized spacial score (nSPS) is 12.2. The summed E-state index contributed by atoms with van der Waals surface area (Å²) in [5.74, 6) is 2.25. The lowest BCUT2D eigenvalue weighted by Crippen LogP contribution is -2.64. The maximum absolute atomic E-state index is 4.60. The van der Waals surface area contributed by atoms with Gasteiger partial charge in [-0.3, -0.25) is 0 Å². The van der Waals surface area contributed by atoms with Crippen molar-refractivity contribution in [2.24, 2.45) is 0 Å². The zero-order valence-corrected chi connectivity index (χ0v) is 25.0. The lowest BCUT2D eigenvalue weighted by molar-refractivity contribution is 1.22. The van der Waals surface area contributed by atoms with E-state index < -0.39 is 0 Å². The lowest BCUT2D eigenvalue weighted by Gasteiger charge is -2.49. The molecule has 0 bridgehead atoms. The van der Waals surface area contributed by atoms with Crippen molar-refractivity contribution >= 4 is 74.3 Å². The number of rotatable bonds is 3. The van der Waals surface area contributed by atoms with Crippen LogP contribution in [0.15, 0.2) is 146 Å². The molecular formula is C42H34BN3. The number of benzene rings is 6. The van der Waals surface area contributed by atoms with Crippen molar-refractivity contribution in [3.63, 3.8) is 0 Å². The molecule has 0 spiro atoms. The highest BCUT2D eigenvalue weighted by Crippen LogP contribution is 2.49. The van der Waals surface area contributed by atoms with Crippen molar-refractivity contribution in [1.82, 2.24) is 0 Å². The Morgan fingerprint density at radius 3 is 0.848 bits per heavy atom. The van der Waals surface area contributed by atoms with E-state index in [1.54, 1.807) is 6.92 Å². The molecular weight excluding hydrogens is 557 g/mol. The van der Waals surface area contributed by atoms with Gasteiger partial charge in [0.15, 0.2) is 0 Å². The van der Waals surface area contributed by atoms with Crippen molar-refractivity contribution in [3.8, 4) is 25.2 Å². The molecule has 6 aromatic rings. The van der Waals surface area contributed by atoms with Crippen LogP contribution in [-0.4, -0.2) is 6.71 Å². The SMILES string of the molecule is C.C#C.C#CC.c1ccc(N2c3cccc4c3B3c5c2cccc5N(c2ccccc2)c2cccc(c23)N4c2ccccc2)cc1. The molecule has 0 atom stereocenters. The standard InChI is InChI=1S/C36H24BN3.C3H4.C2H2.CH4/c1-4-13-25(14-5-1)38-28-19-10-21-30-34(28)37-35-29(38)20-11-22-31(35)40(27-17-8-3-9-18-27)33-24-12-23-32(36(33)37)39(30)26-15-6-2-7-16-26;1-3-2;1-2;/h1-24H;1H,2H3;1-2H;1H4. The van der Waals surface area contributed by atoms with Crippen LogP contribution in [0, 0.1) is 25.2 Å². The Morgan fingerprint density at radius 2 is 0.630 bits per heavy atom. The number of nitrogens with zero attached hydrogens (tertiary/aromatic N) is 3. The predicted octanol–water partition coefficient (Wildman–Crippen LogP) is 9.08.